The van der Waals surface area contributed by atoms with Gasteiger partial charge in [0.15, 0.2) is 0 Å². The number of likely N-dealkylation sites (tertiary alicyclic amines) is 1. The summed E-state index contributed by atoms with van der Waals surface area (Å²) < 4.78 is 0. The van der Waals surface area contributed by atoms with Crippen LogP contribution in [0.3, 0.4) is 0 Å². The fourth-order valence-electron chi connectivity index (χ4n) is 4.33. The molecule has 0 unspecified atom stereocenters. The number of hydrogen-bond acceptors (Lipinski definition) is 3. The molecule has 1 aromatic rings. The first-order valence-electron chi connectivity index (χ1n) is 8.35. The molecule has 0 spiro atoms. The van der Waals surface area contributed by atoms with Gasteiger partial charge in [-0.15, -0.1) is 0 Å². The summed E-state index contributed by atoms with van der Waals surface area (Å²) in [6.45, 7) is 3.43. The molecule has 0 N–H and O–H groups in total. The second kappa shape index (κ2) is 5.30. The van der Waals surface area contributed by atoms with Crippen molar-refractivity contribution >= 4 is 23.4 Å². The molecule has 4 rings (SSSR count). The monoisotopic (exact) mass is 324 g/mol. The van der Waals surface area contributed by atoms with Crippen molar-refractivity contribution < 1.29 is 14.4 Å². The van der Waals surface area contributed by atoms with Gasteiger partial charge >= 0.3 is 0 Å². The molecule has 2 fully saturated rings. The lowest BCUT2D eigenvalue weighted by atomic mass is 9.85. The third-order valence-electron chi connectivity index (χ3n) is 5.57. The zero-order chi connectivity index (χ0) is 17.0. The summed E-state index contributed by atoms with van der Waals surface area (Å²) in [7, 11) is 0. The van der Waals surface area contributed by atoms with E-state index in [-0.39, 0.29) is 48.1 Å². The number of nitrogens with zero attached hydrogens (tertiary/aromatic N) is 2. The van der Waals surface area contributed by atoms with Gasteiger partial charge in [0.1, 0.15) is 6.67 Å². The van der Waals surface area contributed by atoms with Gasteiger partial charge in [-0.3, -0.25) is 24.2 Å². The smallest absolute Gasteiger partial charge is 0.235 e. The maximum Gasteiger partial charge on any atom is 0.235 e. The van der Waals surface area contributed by atoms with Crippen LogP contribution >= 0.6 is 0 Å². The summed E-state index contributed by atoms with van der Waals surface area (Å²) >= 11 is 0. The van der Waals surface area contributed by atoms with Gasteiger partial charge in [-0.05, 0) is 37.3 Å². The van der Waals surface area contributed by atoms with Gasteiger partial charge in [-0.1, -0.05) is 29.8 Å². The van der Waals surface area contributed by atoms with Crippen LogP contribution in [0.1, 0.15) is 18.9 Å². The third-order valence-corrected chi connectivity index (χ3v) is 5.57. The molecule has 124 valence electrons. The van der Waals surface area contributed by atoms with Crippen molar-refractivity contribution in [2.75, 3.05) is 11.6 Å². The highest BCUT2D eigenvalue weighted by Gasteiger charge is 2.59. The van der Waals surface area contributed by atoms with Crippen LogP contribution in [0.15, 0.2) is 36.4 Å². The number of imide groups is 1. The second-order valence-corrected chi connectivity index (χ2v) is 7.03. The Labute approximate surface area is 140 Å². The highest BCUT2D eigenvalue weighted by molar-refractivity contribution is 6.07. The largest absolute Gasteiger partial charge is 0.294 e. The van der Waals surface area contributed by atoms with Crippen molar-refractivity contribution in [3.63, 3.8) is 0 Å². The summed E-state index contributed by atoms with van der Waals surface area (Å²) in [4.78, 5) is 40.4. The molecule has 2 aliphatic carbocycles. The van der Waals surface area contributed by atoms with E-state index < -0.39 is 0 Å². The predicted molar refractivity (Wildman–Crippen MR) is 88.8 cm³/mol. The van der Waals surface area contributed by atoms with Crippen molar-refractivity contribution in [3.05, 3.63) is 42.0 Å². The number of carbonyl (C=O) groups is 3. The molecule has 0 radical (unpaired) electrons. The maximum absolute atomic E-state index is 12.8. The van der Waals surface area contributed by atoms with Crippen LogP contribution in [0.2, 0.25) is 0 Å². The predicted octanol–water partition coefficient (Wildman–Crippen LogP) is 2.11. The first-order valence-corrected chi connectivity index (χ1v) is 8.35. The molecule has 3 amide bonds. The Kier molecular flexibility index (Phi) is 3.34. The van der Waals surface area contributed by atoms with E-state index in [0.717, 1.165) is 12.0 Å². The van der Waals surface area contributed by atoms with Gasteiger partial charge in [-0.25, -0.2) is 0 Å². The molecule has 24 heavy (non-hydrogen) atoms. The van der Waals surface area contributed by atoms with Crippen LogP contribution in [0, 0.1) is 30.6 Å². The average Bonchev–Trinajstić information content (AvgIpc) is 3.22. The molecule has 1 saturated carbocycles. The zero-order valence-electron chi connectivity index (χ0n) is 13.8. The molecule has 1 aromatic carbocycles. The van der Waals surface area contributed by atoms with Gasteiger partial charge in [0.25, 0.3) is 0 Å². The minimum absolute atomic E-state index is 0.00248. The summed E-state index contributed by atoms with van der Waals surface area (Å²) in [5.74, 6) is -0.505. The molecular formula is C19H20N2O3. The molecule has 2 bridgehead atoms. The van der Waals surface area contributed by atoms with Crippen LogP contribution in [0.4, 0.5) is 5.69 Å². The van der Waals surface area contributed by atoms with Gasteiger partial charge < -0.3 is 0 Å². The minimum atomic E-state index is -0.223. The lowest BCUT2D eigenvalue weighted by molar-refractivity contribution is -0.140. The van der Waals surface area contributed by atoms with E-state index in [9.17, 15) is 14.4 Å². The fourth-order valence-corrected chi connectivity index (χ4v) is 4.33. The van der Waals surface area contributed by atoms with E-state index in [4.69, 9.17) is 0 Å². The quantitative estimate of drug-likeness (QED) is 0.632. The number of fused-ring (bicyclic) bond motifs is 5. The Bertz CT molecular complexity index is 722. The minimum Gasteiger partial charge on any atom is -0.294 e. The molecule has 1 saturated heterocycles. The Hall–Kier alpha value is -2.43. The van der Waals surface area contributed by atoms with Crippen molar-refractivity contribution in [3.8, 4) is 0 Å². The Morgan fingerprint density at radius 1 is 1.08 bits per heavy atom. The van der Waals surface area contributed by atoms with E-state index in [2.05, 4.69) is 12.2 Å². The van der Waals surface area contributed by atoms with E-state index in [1.54, 1.807) is 0 Å². The van der Waals surface area contributed by atoms with Crippen LogP contribution in [0.5, 0.6) is 0 Å². The SMILES string of the molecule is CC(=O)N(CN1C(=O)[C@H]2[C@H](C1=O)[C@H]1C=C[C@H]2C1)c1ccc(C)cc1. The van der Waals surface area contributed by atoms with Crippen molar-refractivity contribution in [1.29, 1.82) is 0 Å². The molecular weight excluding hydrogens is 304 g/mol. The number of allylic oxidation sites excluding steroid dienone is 2. The standard InChI is InChI=1S/C19H20N2O3/c1-11-3-7-15(8-4-11)20(12(2)22)10-21-18(23)16-13-5-6-14(9-13)17(16)19(21)24/h3-8,13-14,16-17H,9-10H2,1-2H3/t13-,14-,16+,17+/m0/s1. The van der Waals surface area contributed by atoms with Crippen molar-refractivity contribution in [2.24, 2.45) is 23.7 Å². The average molecular weight is 324 g/mol. The highest BCUT2D eigenvalue weighted by Crippen LogP contribution is 2.52. The van der Waals surface area contributed by atoms with Crippen LogP contribution in [0.25, 0.3) is 0 Å². The topological polar surface area (TPSA) is 57.7 Å². The second-order valence-electron chi connectivity index (χ2n) is 7.03. The number of carbonyl (C=O) groups excluding carboxylic acids is 3. The molecule has 4 atom stereocenters. The Balaban J connectivity index is 1.60. The van der Waals surface area contributed by atoms with Crippen molar-refractivity contribution in [1.82, 2.24) is 4.90 Å². The van der Waals surface area contributed by atoms with Gasteiger partial charge in [0, 0.05) is 12.6 Å². The third kappa shape index (κ3) is 2.11. The van der Waals surface area contributed by atoms with Gasteiger partial charge in [0.2, 0.25) is 17.7 Å². The van der Waals surface area contributed by atoms with Crippen LogP contribution < -0.4 is 4.90 Å². The molecule has 3 aliphatic rings. The molecule has 5 heteroatoms. The van der Waals surface area contributed by atoms with Crippen LogP contribution in [-0.4, -0.2) is 29.3 Å². The highest BCUT2D eigenvalue weighted by atomic mass is 16.2. The Morgan fingerprint density at radius 3 is 2.12 bits per heavy atom. The Morgan fingerprint density at radius 2 is 1.62 bits per heavy atom. The lowest BCUT2D eigenvalue weighted by Gasteiger charge is -2.27. The zero-order valence-corrected chi connectivity index (χ0v) is 13.8. The first-order chi connectivity index (χ1) is 11.5. The van der Waals surface area contributed by atoms with Gasteiger partial charge in [-0.2, -0.15) is 0 Å². The summed E-state index contributed by atoms with van der Waals surface area (Å²) in [6.07, 6.45) is 5.06. The van der Waals surface area contributed by atoms with E-state index >= 15 is 0 Å². The number of benzene rings is 1. The number of hydrogen-bond donors (Lipinski definition) is 0. The van der Waals surface area contributed by atoms with Crippen LogP contribution in [-0.2, 0) is 14.4 Å². The van der Waals surface area contributed by atoms with E-state index in [1.165, 1.54) is 16.7 Å². The number of anilines is 1. The number of aryl methyl sites for hydroxylation is 1. The van der Waals surface area contributed by atoms with E-state index in [0.29, 0.717) is 5.69 Å². The summed E-state index contributed by atoms with van der Waals surface area (Å²) in [6, 6.07) is 7.51. The number of rotatable bonds is 3. The lowest BCUT2D eigenvalue weighted by Crippen LogP contribution is -2.44. The summed E-state index contributed by atoms with van der Waals surface area (Å²) in [5, 5.41) is 0. The fraction of sp³-hybridized carbons (Fsp3) is 0.421. The maximum atomic E-state index is 12.8. The van der Waals surface area contributed by atoms with Gasteiger partial charge in [0.05, 0.1) is 11.8 Å². The normalized spacial score (nSPS) is 30.2. The van der Waals surface area contributed by atoms with Crippen molar-refractivity contribution in [2.45, 2.75) is 20.3 Å². The summed E-state index contributed by atoms with van der Waals surface area (Å²) in [5.41, 5.74) is 1.79. The molecule has 5 nitrogen and oxygen atoms in total. The number of amides is 3. The molecule has 0 aromatic heterocycles. The first kappa shape index (κ1) is 15.1. The molecule has 1 aliphatic heterocycles. The molecule has 1 heterocycles. The van der Waals surface area contributed by atoms with E-state index in [1.807, 2.05) is 31.2 Å².